The van der Waals surface area contributed by atoms with Crippen LogP contribution in [0.2, 0.25) is 0 Å². The van der Waals surface area contributed by atoms with E-state index in [0.717, 1.165) is 34.2 Å². The SMILES string of the molecule is Cn1cc(-c2cnc3[nH]cc(CC(=O)Nc4ccc(C(F)(F)F)cc4)c3c2)cn1. The topological polar surface area (TPSA) is 75.6 Å². The van der Waals surface area contributed by atoms with E-state index in [1.807, 2.05) is 19.3 Å². The van der Waals surface area contributed by atoms with E-state index in [4.69, 9.17) is 0 Å². The van der Waals surface area contributed by atoms with Gasteiger partial charge in [0, 0.05) is 47.8 Å². The van der Waals surface area contributed by atoms with Crippen LogP contribution in [0.25, 0.3) is 22.2 Å². The van der Waals surface area contributed by atoms with Crippen LogP contribution in [0.15, 0.2) is 55.1 Å². The van der Waals surface area contributed by atoms with Gasteiger partial charge < -0.3 is 10.3 Å². The molecular weight excluding hydrogens is 383 g/mol. The van der Waals surface area contributed by atoms with Gasteiger partial charge in [0.15, 0.2) is 0 Å². The summed E-state index contributed by atoms with van der Waals surface area (Å²) in [6, 6.07) is 6.27. The lowest BCUT2D eigenvalue weighted by Crippen LogP contribution is -2.14. The van der Waals surface area contributed by atoms with Crippen molar-refractivity contribution in [3.63, 3.8) is 0 Å². The molecule has 6 nitrogen and oxygen atoms in total. The molecule has 0 radical (unpaired) electrons. The van der Waals surface area contributed by atoms with Crippen molar-refractivity contribution in [1.29, 1.82) is 0 Å². The third kappa shape index (κ3) is 3.98. The second kappa shape index (κ2) is 7.08. The van der Waals surface area contributed by atoms with E-state index in [1.165, 1.54) is 12.1 Å². The highest BCUT2D eigenvalue weighted by atomic mass is 19.4. The van der Waals surface area contributed by atoms with Gasteiger partial charge in [-0.05, 0) is 35.9 Å². The number of nitrogens with one attached hydrogen (secondary N) is 2. The molecule has 0 saturated carbocycles. The standard InChI is InChI=1S/C20H16F3N5O/c1-28-11-14(10-26-28)12-6-17-13(9-25-19(17)24-8-12)7-18(29)27-16-4-2-15(3-5-16)20(21,22)23/h2-6,8-11H,7H2,1H3,(H,24,25)(H,27,29). The number of rotatable bonds is 4. The number of nitrogens with zero attached hydrogens (tertiary/aromatic N) is 3. The number of H-pyrrole nitrogens is 1. The average Bonchev–Trinajstić information content (AvgIpc) is 3.27. The van der Waals surface area contributed by atoms with Crippen molar-refractivity contribution in [1.82, 2.24) is 19.7 Å². The maximum atomic E-state index is 12.6. The monoisotopic (exact) mass is 399 g/mol. The third-order valence-corrected chi connectivity index (χ3v) is 4.50. The first-order valence-corrected chi connectivity index (χ1v) is 8.72. The van der Waals surface area contributed by atoms with Gasteiger partial charge in [0.25, 0.3) is 0 Å². The smallest absolute Gasteiger partial charge is 0.346 e. The predicted molar refractivity (Wildman–Crippen MR) is 102 cm³/mol. The van der Waals surface area contributed by atoms with Crippen LogP contribution in [0.3, 0.4) is 0 Å². The van der Waals surface area contributed by atoms with Crippen LogP contribution in [0.5, 0.6) is 0 Å². The van der Waals surface area contributed by atoms with E-state index in [-0.39, 0.29) is 12.3 Å². The normalized spacial score (nSPS) is 11.7. The Balaban J connectivity index is 1.52. The molecule has 0 spiro atoms. The van der Waals surface area contributed by atoms with Gasteiger partial charge >= 0.3 is 6.18 Å². The summed E-state index contributed by atoms with van der Waals surface area (Å²) in [4.78, 5) is 19.8. The van der Waals surface area contributed by atoms with Crippen LogP contribution >= 0.6 is 0 Å². The highest BCUT2D eigenvalue weighted by Gasteiger charge is 2.30. The highest BCUT2D eigenvalue weighted by molar-refractivity contribution is 5.95. The summed E-state index contributed by atoms with van der Waals surface area (Å²) in [5, 5.41) is 7.57. The quantitative estimate of drug-likeness (QED) is 0.541. The fourth-order valence-corrected chi connectivity index (χ4v) is 3.05. The molecule has 0 fully saturated rings. The lowest BCUT2D eigenvalue weighted by Gasteiger charge is -2.08. The van der Waals surface area contributed by atoms with Gasteiger partial charge in [-0.2, -0.15) is 18.3 Å². The Labute approximate surface area is 163 Å². The fraction of sp³-hybridized carbons (Fsp3) is 0.150. The summed E-state index contributed by atoms with van der Waals surface area (Å²) >= 11 is 0. The Morgan fingerprint density at radius 2 is 1.93 bits per heavy atom. The number of aromatic amines is 1. The lowest BCUT2D eigenvalue weighted by molar-refractivity contribution is -0.137. The maximum absolute atomic E-state index is 12.6. The number of pyridine rings is 1. The average molecular weight is 399 g/mol. The van der Waals surface area contributed by atoms with Crippen LogP contribution in [-0.2, 0) is 24.4 Å². The molecule has 9 heteroatoms. The Morgan fingerprint density at radius 3 is 2.59 bits per heavy atom. The number of fused-ring (bicyclic) bond motifs is 1. The first-order valence-electron chi connectivity index (χ1n) is 8.72. The molecule has 29 heavy (non-hydrogen) atoms. The number of anilines is 1. The number of aromatic nitrogens is 4. The molecule has 3 heterocycles. The zero-order chi connectivity index (χ0) is 20.6. The molecular formula is C20H16F3N5O. The van der Waals surface area contributed by atoms with E-state index in [2.05, 4.69) is 20.4 Å². The maximum Gasteiger partial charge on any atom is 0.416 e. The second-order valence-corrected chi connectivity index (χ2v) is 6.64. The van der Waals surface area contributed by atoms with Crippen molar-refractivity contribution >= 4 is 22.6 Å². The van der Waals surface area contributed by atoms with Gasteiger partial charge in [-0.1, -0.05) is 0 Å². The number of aryl methyl sites for hydroxylation is 1. The van der Waals surface area contributed by atoms with Crippen molar-refractivity contribution in [2.75, 3.05) is 5.32 Å². The van der Waals surface area contributed by atoms with Gasteiger partial charge in [0.1, 0.15) is 5.65 Å². The summed E-state index contributed by atoms with van der Waals surface area (Å²) in [6.07, 6.45) is 2.67. The van der Waals surface area contributed by atoms with Gasteiger partial charge in [0.05, 0.1) is 18.2 Å². The zero-order valence-electron chi connectivity index (χ0n) is 15.3. The highest BCUT2D eigenvalue weighted by Crippen LogP contribution is 2.30. The molecule has 0 unspecified atom stereocenters. The molecule has 0 aliphatic carbocycles. The lowest BCUT2D eigenvalue weighted by atomic mass is 10.1. The van der Waals surface area contributed by atoms with Crippen LogP contribution in [0, 0.1) is 0 Å². The summed E-state index contributed by atoms with van der Waals surface area (Å²) in [7, 11) is 1.82. The summed E-state index contributed by atoms with van der Waals surface area (Å²) in [5.74, 6) is -0.336. The first-order chi connectivity index (χ1) is 13.8. The number of amides is 1. The largest absolute Gasteiger partial charge is 0.416 e. The molecule has 1 aromatic carbocycles. The Kier molecular flexibility index (Phi) is 4.57. The minimum Gasteiger partial charge on any atom is -0.346 e. The Bertz CT molecular complexity index is 1180. The van der Waals surface area contributed by atoms with Crippen molar-refractivity contribution in [2.45, 2.75) is 12.6 Å². The van der Waals surface area contributed by atoms with Crippen LogP contribution in [0.1, 0.15) is 11.1 Å². The number of halogens is 3. The number of carbonyl (C=O) groups is 1. The van der Waals surface area contributed by atoms with E-state index in [0.29, 0.717) is 11.3 Å². The minimum absolute atomic E-state index is 0.0548. The number of alkyl halides is 3. The van der Waals surface area contributed by atoms with Crippen molar-refractivity contribution < 1.29 is 18.0 Å². The van der Waals surface area contributed by atoms with Crippen LogP contribution in [-0.4, -0.2) is 25.7 Å². The molecule has 148 valence electrons. The summed E-state index contributed by atoms with van der Waals surface area (Å²) < 4.78 is 39.6. The van der Waals surface area contributed by atoms with Gasteiger partial charge in [0.2, 0.25) is 5.91 Å². The molecule has 0 aliphatic rings. The van der Waals surface area contributed by atoms with Crippen LogP contribution < -0.4 is 5.32 Å². The molecule has 3 aromatic heterocycles. The van der Waals surface area contributed by atoms with E-state index < -0.39 is 11.7 Å². The Hall–Kier alpha value is -3.62. The van der Waals surface area contributed by atoms with E-state index in [1.54, 1.807) is 23.3 Å². The molecule has 0 aliphatic heterocycles. The number of hydrogen-bond donors (Lipinski definition) is 2. The molecule has 1 amide bonds. The fourth-order valence-electron chi connectivity index (χ4n) is 3.05. The molecule has 4 rings (SSSR count). The molecule has 0 saturated heterocycles. The molecule has 0 atom stereocenters. The number of benzene rings is 1. The summed E-state index contributed by atoms with van der Waals surface area (Å²) in [5.41, 5.74) is 2.70. The van der Waals surface area contributed by atoms with Crippen molar-refractivity contribution in [2.24, 2.45) is 7.05 Å². The second-order valence-electron chi connectivity index (χ2n) is 6.64. The Morgan fingerprint density at radius 1 is 1.17 bits per heavy atom. The summed E-state index contributed by atoms with van der Waals surface area (Å²) in [6.45, 7) is 0. The molecule has 2 N–H and O–H groups in total. The molecule has 0 bridgehead atoms. The van der Waals surface area contributed by atoms with Crippen molar-refractivity contribution in [3.05, 3.63) is 66.2 Å². The van der Waals surface area contributed by atoms with E-state index in [9.17, 15) is 18.0 Å². The van der Waals surface area contributed by atoms with Crippen LogP contribution in [0.4, 0.5) is 18.9 Å². The van der Waals surface area contributed by atoms with E-state index >= 15 is 0 Å². The van der Waals surface area contributed by atoms with Gasteiger partial charge in [-0.3, -0.25) is 9.48 Å². The van der Waals surface area contributed by atoms with Crippen molar-refractivity contribution in [3.8, 4) is 11.1 Å². The van der Waals surface area contributed by atoms with Gasteiger partial charge in [-0.15, -0.1) is 0 Å². The first kappa shape index (κ1) is 18.7. The predicted octanol–water partition coefficient (Wildman–Crippen LogP) is 4.16. The van der Waals surface area contributed by atoms with Gasteiger partial charge in [-0.25, -0.2) is 4.98 Å². The number of hydrogen-bond acceptors (Lipinski definition) is 3. The number of carbonyl (C=O) groups excluding carboxylic acids is 1. The minimum atomic E-state index is -4.41. The zero-order valence-corrected chi connectivity index (χ0v) is 15.3. The third-order valence-electron chi connectivity index (χ3n) is 4.50. The molecule has 4 aromatic rings.